The molecule has 0 aromatic rings. The maximum atomic E-state index is 5.52. The number of likely N-dealkylation sites (N-methyl/N-ethyl adjacent to an activating group) is 1. The highest BCUT2D eigenvalue weighted by Gasteiger charge is 2.29. The second-order valence-corrected chi connectivity index (χ2v) is 3.89. The molecule has 0 radical (unpaired) electrons. The monoisotopic (exact) mass is 214 g/mol. The van der Waals surface area contributed by atoms with Crippen LogP contribution >= 0.6 is 0 Å². The van der Waals surface area contributed by atoms with Gasteiger partial charge in [0.25, 0.3) is 0 Å². The Morgan fingerprint density at radius 3 is 2.87 bits per heavy atom. The van der Waals surface area contributed by atoms with Crippen LogP contribution in [0.4, 0.5) is 0 Å². The molecular weight excluding hydrogens is 192 g/mol. The first-order valence-corrected chi connectivity index (χ1v) is 5.56. The second kappa shape index (κ2) is 5.92. The molecule has 0 aromatic heterocycles. The largest absolute Gasteiger partial charge is 0.376 e. The molecule has 0 aromatic carbocycles. The first kappa shape index (κ1) is 12.3. The predicted molar refractivity (Wildman–Crippen MR) is 61.5 cm³/mol. The number of aliphatic imine (C=N–C) groups is 1. The topological polar surface area (TPSA) is 62.9 Å². The SMILES string of the molecule is CCCN=C(NN)N(C)C1CCOC1C. The standard InChI is InChI=1S/C10H22N4O/c1-4-6-12-10(13-11)14(3)9-5-7-15-8(9)2/h8-9H,4-7,11H2,1-3H3,(H,12,13). The van der Waals surface area contributed by atoms with Crippen LogP contribution in [-0.2, 0) is 4.74 Å². The average molecular weight is 214 g/mol. The molecule has 88 valence electrons. The van der Waals surface area contributed by atoms with Crippen molar-refractivity contribution in [3.05, 3.63) is 0 Å². The van der Waals surface area contributed by atoms with Gasteiger partial charge >= 0.3 is 0 Å². The number of nitrogens with two attached hydrogens (primary N) is 1. The van der Waals surface area contributed by atoms with E-state index in [0.717, 1.165) is 32.0 Å². The van der Waals surface area contributed by atoms with Crippen LogP contribution < -0.4 is 11.3 Å². The minimum atomic E-state index is 0.246. The summed E-state index contributed by atoms with van der Waals surface area (Å²) in [5, 5.41) is 0. The van der Waals surface area contributed by atoms with Gasteiger partial charge in [-0.25, -0.2) is 5.84 Å². The van der Waals surface area contributed by atoms with Crippen LogP contribution in [0.2, 0.25) is 0 Å². The van der Waals surface area contributed by atoms with Crippen molar-refractivity contribution in [2.75, 3.05) is 20.2 Å². The Kier molecular flexibility index (Phi) is 4.84. The van der Waals surface area contributed by atoms with E-state index in [1.807, 2.05) is 7.05 Å². The summed E-state index contributed by atoms with van der Waals surface area (Å²) in [5.41, 5.74) is 2.65. The highest BCUT2D eigenvalue weighted by atomic mass is 16.5. The van der Waals surface area contributed by atoms with Crippen LogP contribution in [0.3, 0.4) is 0 Å². The molecule has 3 N–H and O–H groups in total. The van der Waals surface area contributed by atoms with Crippen LogP contribution in [0.25, 0.3) is 0 Å². The van der Waals surface area contributed by atoms with Crippen molar-refractivity contribution in [2.24, 2.45) is 10.8 Å². The van der Waals surface area contributed by atoms with Crippen molar-refractivity contribution in [1.82, 2.24) is 10.3 Å². The molecule has 15 heavy (non-hydrogen) atoms. The smallest absolute Gasteiger partial charge is 0.208 e. The molecule has 2 unspecified atom stereocenters. The number of hydrazine groups is 1. The fraction of sp³-hybridized carbons (Fsp3) is 0.900. The maximum Gasteiger partial charge on any atom is 0.208 e. The number of rotatable bonds is 3. The minimum absolute atomic E-state index is 0.246. The molecule has 1 saturated heterocycles. The maximum absolute atomic E-state index is 5.52. The van der Waals surface area contributed by atoms with E-state index < -0.39 is 0 Å². The van der Waals surface area contributed by atoms with E-state index in [2.05, 4.69) is 29.2 Å². The molecule has 0 bridgehead atoms. The molecule has 5 heteroatoms. The Balaban J connectivity index is 2.59. The fourth-order valence-electron chi connectivity index (χ4n) is 1.86. The summed E-state index contributed by atoms with van der Waals surface area (Å²) in [5.74, 6) is 6.21. The fourth-order valence-corrected chi connectivity index (χ4v) is 1.86. The quantitative estimate of drug-likeness (QED) is 0.307. The zero-order valence-corrected chi connectivity index (χ0v) is 9.86. The van der Waals surface area contributed by atoms with Crippen LogP contribution in [-0.4, -0.2) is 43.2 Å². The van der Waals surface area contributed by atoms with Gasteiger partial charge in [-0.1, -0.05) is 6.92 Å². The predicted octanol–water partition coefficient (Wildman–Crippen LogP) is 0.325. The molecule has 0 spiro atoms. The number of hydrogen-bond acceptors (Lipinski definition) is 3. The normalized spacial score (nSPS) is 26.8. The van der Waals surface area contributed by atoms with Crippen LogP contribution in [0.1, 0.15) is 26.7 Å². The molecule has 1 aliphatic rings. The van der Waals surface area contributed by atoms with Crippen molar-refractivity contribution < 1.29 is 4.74 Å². The summed E-state index contributed by atoms with van der Waals surface area (Å²) in [6, 6.07) is 0.372. The van der Waals surface area contributed by atoms with Gasteiger partial charge in [0.15, 0.2) is 0 Å². The molecule has 5 nitrogen and oxygen atoms in total. The Hall–Kier alpha value is -0.810. The van der Waals surface area contributed by atoms with E-state index in [9.17, 15) is 0 Å². The number of nitrogens with zero attached hydrogens (tertiary/aromatic N) is 2. The second-order valence-electron chi connectivity index (χ2n) is 3.89. The molecule has 1 heterocycles. The number of guanidine groups is 1. The summed E-state index contributed by atoms with van der Waals surface area (Å²) < 4.78 is 5.52. The third-order valence-corrected chi connectivity index (χ3v) is 2.78. The highest BCUT2D eigenvalue weighted by Crippen LogP contribution is 2.17. The van der Waals surface area contributed by atoms with Crippen LogP contribution in [0.15, 0.2) is 4.99 Å². The number of hydrogen-bond donors (Lipinski definition) is 2. The number of nitrogens with one attached hydrogen (secondary N) is 1. The van der Waals surface area contributed by atoms with Gasteiger partial charge in [-0.15, -0.1) is 0 Å². The van der Waals surface area contributed by atoms with E-state index in [1.54, 1.807) is 0 Å². The molecule has 0 aliphatic carbocycles. The molecule has 1 rings (SSSR count). The summed E-state index contributed by atoms with van der Waals surface area (Å²) in [4.78, 5) is 6.47. The molecule has 0 saturated carbocycles. The van der Waals surface area contributed by atoms with E-state index >= 15 is 0 Å². The Morgan fingerprint density at radius 2 is 2.40 bits per heavy atom. The van der Waals surface area contributed by atoms with Crippen molar-refractivity contribution in [2.45, 2.75) is 38.8 Å². The van der Waals surface area contributed by atoms with Gasteiger partial charge in [-0.3, -0.25) is 10.4 Å². The minimum Gasteiger partial charge on any atom is -0.376 e. The molecule has 0 amide bonds. The van der Waals surface area contributed by atoms with Crippen LogP contribution in [0, 0.1) is 0 Å². The lowest BCUT2D eigenvalue weighted by Gasteiger charge is -2.29. The molecule has 1 fully saturated rings. The van der Waals surface area contributed by atoms with Gasteiger partial charge in [-0.2, -0.15) is 0 Å². The lowest BCUT2D eigenvalue weighted by atomic mass is 10.1. The first-order valence-electron chi connectivity index (χ1n) is 5.56. The van der Waals surface area contributed by atoms with Crippen molar-refractivity contribution in [3.8, 4) is 0 Å². The van der Waals surface area contributed by atoms with E-state index in [-0.39, 0.29) is 6.10 Å². The van der Waals surface area contributed by atoms with Gasteiger partial charge in [0.1, 0.15) is 0 Å². The van der Waals surface area contributed by atoms with Gasteiger partial charge in [0, 0.05) is 20.2 Å². The summed E-state index contributed by atoms with van der Waals surface area (Å²) in [6.45, 7) is 5.80. The zero-order chi connectivity index (χ0) is 11.3. The van der Waals surface area contributed by atoms with Gasteiger partial charge in [-0.05, 0) is 19.8 Å². The highest BCUT2D eigenvalue weighted by molar-refractivity contribution is 5.79. The Morgan fingerprint density at radius 1 is 1.67 bits per heavy atom. The number of ether oxygens (including phenoxy) is 1. The van der Waals surface area contributed by atoms with Crippen molar-refractivity contribution in [3.63, 3.8) is 0 Å². The molecule has 2 atom stereocenters. The first-order chi connectivity index (χ1) is 7.20. The molecule has 1 aliphatic heterocycles. The van der Waals surface area contributed by atoms with Crippen molar-refractivity contribution in [1.29, 1.82) is 0 Å². The summed E-state index contributed by atoms with van der Waals surface area (Å²) in [6.07, 6.45) is 2.30. The third-order valence-electron chi connectivity index (χ3n) is 2.78. The Labute approximate surface area is 91.6 Å². The lowest BCUT2D eigenvalue weighted by molar-refractivity contribution is 0.0991. The van der Waals surface area contributed by atoms with Gasteiger partial charge in [0.2, 0.25) is 5.96 Å². The Bertz CT molecular complexity index is 219. The molecular formula is C10H22N4O. The summed E-state index contributed by atoms with van der Waals surface area (Å²) in [7, 11) is 2.00. The van der Waals surface area contributed by atoms with E-state index in [0.29, 0.717) is 6.04 Å². The van der Waals surface area contributed by atoms with Crippen LogP contribution in [0.5, 0.6) is 0 Å². The van der Waals surface area contributed by atoms with Gasteiger partial charge in [0.05, 0.1) is 12.1 Å². The third kappa shape index (κ3) is 3.07. The van der Waals surface area contributed by atoms with Gasteiger partial charge < -0.3 is 9.64 Å². The van der Waals surface area contributed by atoms with E-state index in [1.165, 1.54) is 0 Å². The van der Waals surface area contributed by atoms with E-state index in [4.69, 9.17) is 10.6 Å². The average Bonchev–Trinajstić information content (AvgIpc) is 2.65. The zero-order valence-electron chi connectivity index (χ0n) is 9.86. The summed E-state index contributed by atoms with van der Waals surface area (Å²) >= 11 is 0. The lowest BCUT2D eigenvalue weighted by Crippen LogP contribution is -2.49. The van der Waals surface area contributed by atoms with Crippen molar-refractivity contribution >= 4 is 5.96 Å².